The van der Waals surface area contributed by atoms with Crippen LogP contribution in [0.2, 0.25) is 0 Å². The van der Waals surface area contributed by atoms with Crippen molar-refractivity contribution in [2.75, 3.05) is 11.9 Å². The third-order valence-electron chi connectivity index (χ3n) is 3.71. The van der Waals surface area contributed by atoms with E-state index in [1.807, 2.05) is 26.8 Å². The van der Waals surface area contributed by atoms with Crippen LogP contribution in [-0.4, -0.2) is 29.6 Å². The Balaban J connectivity index is 2.13. The second-order valence-electron chi connectivity index (χ2n) is 6.57. The standard InChI is InChI=1S/C21H24BrN3O3S/c1-4-11-28-18-10-9-14(22)12-16(18)20(27)25-21(29)24-17-8-6-5-7-15(17)19(26)23-13(2)3/h5-10,12-13H,4,11H2,1-3H3,(H,23,26)(H2,24,25,27,29). The van der Waals surface area contributed by atoms with Crippen LogP contribution >= 0.6 is 28.1 Å². The van der Waals surface area contributed by atoms with E-state index >= 15 is 0 Å². The van der Waals surface area contributed by atoms with Gasteiger partial charge in [0, 0.05) is 10.5 Å². The van der Waals surface area contributed by atoms with E-state index in [1.54, 1.807) is 36.4 Å². The molecule has 0 saturated carbocycles. The molecular weight excluding hydrogens is 454 g/mol. The summed E-state index contributed by atoms with van der Waals surface area (Å²) in [6, 6.07) is 12.2. The van der Waals surface area contributed by atoms with Gasteiger partial charge >= 0.3 is 0 Å². The van der Waals surface area contributed by atoms with Gasteiger partial charge in [-0.05, 0) is 62.8 Å². The van der Waals surface area contributed by atoms with Gasteiger partial charge in [0.2, 0.25) is 0 Å². The number of para-hydroxylation sites is 1. The number of carbonyl (C=O) groups excluding carboxylic acids is 2. The lowest BCUT2D eigenvalue weighted by Gasteiger charge is -2.16. The van der Waals surface area contributed by atoms with Gasteiger partial charge in [0.15, 0.2) is 5.11 Å². The molecule has 0 aromatic heterocycles. The Hall–Kier alpha value is -2.45. The van der Waals surface area contributed by atoms with Gasteiger partial charge in [0.25, 0.3) is 11.8 Å². The highest BCUT2D eigenvalue weighted by Crippen LogP contribution is 2.23. The number of hydrogen-bond donors (Lipinski definition) is 3. The van der Waals surface area contributed by atoms with E-state index in [-0.39, 0.29) is 17.1 Å². The smallest absolute Gasteiger partial charge is 0.261 e. The first-order valence-electron chi connectivity index (χ1n) is 9.26. The Bertz CT molecular complexity index is 902. The first-order valence-corrected chi connectivity index (χ1v) is 10.5. The van der Waals surface area contributed by atoms with E-state index in [2.05, 4.69) is 31.9 Å². The zero-order valence-corrected chi connectivity index (χ0v) is 18.9. The van der Waals surface area contributed by atoms with Crippen LogP contribution in [-0.2, 0) is 0 Å². The molecular formula is C21H24BrN3O3S. The van der Waals surface area contributed by atoms with Gasteiger partial charge in [-0.3, -0.25) is 14.9 Å². The Morgan fingerprint density at radius 3 is 2.52 bits per heavy atom. The van der Waals surface area contributed by atoms with Gasteiger partial charge in [-0.2, -0.15) is 0 Å². The number of ether oxygens (including phenoxy) is 1. The lowest BCUT2D eigenvalue weighted by molar-refractivity contribution is 0.0942. The lowest BCUT2D eigenvalue weighted by atomic mass is 10.1. The predicted molar refractivity (Wildman–Crippen MR) is 123 cm³/mol. The van der Waals surface area contributed by atoms with Crippen LogP contribution in [0, 0.1) is 0 Å². The number of amides is 2. The SMILES string of the molecule is CCCOc1ccc(Br)cc1C(=O)NC(=S)Nc1ccccc1C(=O)NC(C)C. The molecule has 154 valence electrons. The Morgan fingerprint density at radius 1 is 1.10 bits per heavy atom. The molecule has 0 heterocycles. The average molecular weight is 478 g/mol. The van der Waals surface area contributed by atoms with Crippen LogP contribution in [0.3, 0.4) is 0 Å². The summed E-state index contributed by atoms with van der Waals surface area (Å²) in [6.07, 6.45) is 0.826. The van der Waals surface area contributed by atoms with Gasteiger partial charge in [-0.15, -0.1) is 0 Å². The van der Waals surface area contributed by atoms with Crippen LogP contribution in [0.1, 0.15) is 47.9 Å². The molecule has 2 aromatic carbocycles. The second kappa shape index (κ2) is 10.9. The topological polar surface area (TPSA) is 79.5 Å². The molecule has 6 nitrogen and oxygen atoms in total. The number of anilines is 1. The third-order valence-corrected chi connectivity index (χ3v) is 4.41. The maximum absolute atomic E-state index is 12.7. The van der Waals surface area contributed by atoms with Gasteiger partial charge in [0.05, 0.1) is 23.4 Å². The molecule has 0 saturated heterocycles. The first-order chi connectivity index (χ1) is 13.8. The molecule has 0 radical (unpaired) electrons. The molecule has 2 amide bonds. The molecule has 3 N–H and O–H groups in total. The molecule has 0 atom stereocenters. The van der Waals surface area contributed by atoms with Crippen LogP contribution in [0.25, 0.3) is 0 Å². The summed E-state index contributed by atoms with van der Waals surface area (Å²) in [5.74, 6) is -0.148. The summed E-state index contributed by atoms with van der Waals surface area (Å²) in [4.78, 5) is 25.1. The normalized spacial score (nSPS) is 10.4. The van der Waals surface area contributed by atoms with Crippen molar-refractivity contribution in [1.82, 2.24) is 10.6 Å². The number of halogens is 1. The minimum absolute atomic E-state index is 0.000259. The number of rotatable bonds is 7. The first kappa shape index (κ1) is 22.8. The molecule has 0 fully saturated rings. The van der Waals surface area contributed by atoms with Crippen molar-refractivity contribution in [3.63, 3.8) is 0 Å². The fourth-order valence-electron chi connectivity index (χ4n) is 2.47. The monoisotopic (exact) mass is 477 g/mol. The summed E-state index contributed by atoms with van der Waals surface area (Å²) in [6.45, 7) is 6.26. The van der Waals surface area contributed by atoms with E-state index in [4.69, 9.17) is 17.0 Å². The number of benzene rings is 2. The molecule has 0 spiro atoms. The van der Waals surface area contributed by atoms with Gasteiger partial charge < -0.3 is 15.4 Å². The number of hydrogen-bond acceptors (Lipinski definition) is 4. The molecule has 0 aliphatic carbocycles. The molecule has 0 aliphatic heterocycles. The van der Waals surface area contributed by atoms with Gasteiger partial charge in [-0.25, -0.2) is 0 Å². The van der Waals surface area contributed by atoms with E-state index < -0.39 is 5.91 Å². The molecule has 0 unspecified atom stereocenters. The fraction of sp³-hybridized carbons (Fsp3) is 0.286. The van der Waals surface area contributed by atoms with Crippen molar-refractivity contribution in [3.8, 4) is 5.75 Å². The summed E-state index contributed by atoms with van der Waals surface area (Å²) in [5.41, 5.74) is 1.31. The van der Waals surface area contributed by atoms with Gasteiger partial charge in [0.1, 0.15) is 5.75 Å². The molecule has 0 bridgehead atoms. The van der Waals surface area contributed by atoms with Crippen LogP contribution in [0.15, 0.2) is 46.9 Å². The largest absolute Gasteiger partial charge is 0.493 e. The van der Waals surface area contributed by atoms with Crippen molar-refractivity contribution in [1.29, 1.82) is 0 Å². The Labute approximate surface area is 184 Å². The number of thiocarbonyl (C=S) groups is 1. The van der Waals surface area contributed by atoms with Crippen LogP contribution in [0.5, 0.6) is 5.75 Å². The average Bonchev–Trinajstić information content (AvgIpc) is 2.66. The zero-order chi connectivity index (χ0) is 21.4. The van der Waals surface area contributed by atoms with Gasteiger partial charge in [-0.1, -0.05) is 35.0 Å². The van der Waals surface area contributed by atoms with E-state index in [9.17, 15) is 9.59 Å². The minimum Gasteiger partial charge on any atom is -0.493 e. The van der Waals surface area contributed by atoms with Crippen molar-refractivity contribution < 1.29 is 14.3 Å². The summed E-state index contributed by atoms with van der Waals surface area (Å²) in [5, 5.41) is 8.50. The Kier molecular flexibility index (Phi) is 8.60. The lowest BCUT2D eigenvalue weighted by Crippen LogP contribution is -2.36. The van der Waals surface area contributed by atoms with Crippen molar-refractivity contribution in [3.05, 3.63) is 58.1 Å². The van der Waals surface area contributed by atoms with E-state index in [0.717, 1.165) is 10.9 Å². The van der Waals surface area contributed by atoms with Crippen molar-refractivity contribution in [2.45, 2.75) is 33.2 Å². The fourth-order valence-corrected chi connectivity index (χ4v) is 3.04. The van der Waals surface area contributed by atoms with Crippen molar-refractivity contribution >= 4 is 50.8 Å². The van der Waals surface area contributed by atoms with E-state index in [0.29, 0.717) is 29.2 Å². The van der Waals surface area contributed by atoms with E-state index in [1.165, 1.54) is 0 Å². The van der Waals surface area contributed by atoms with Crippen LogP contribution < -0.4 is 20.7 Å². The predicted octanol–water partition coefficient (Wildman–Crippen LogP) is 4.50. The molecule has 0 aliphatic rings. The second-order valence-corrected chi connectivity index (χ2v) is 7.89. The summed E-state index contributed by atoms with van der Waals surface area (Å²) < 4.78 is 6.40. The zero-order valence-electron chi connectivity index (χ0n) is 16.5. The highest BCUT2D eigenvalue weighted by Gasteiger charge is 2.17. The third kappa shape index (κ3) is 6.83. The van der Waals surface area contributed by atoms with Crippen LogP contribution in [0.4, 0.5) is 5.69 Å². The highest BCUT2D eigenvalue weighted by molar-refractivity contribution is 9.10. The maximum atomic E-state index is 12.7. The molecule has 2 rings (SSSR count). The maximum Gasteiger partial charge on any atom is 0.261 e. The molecule has 8 heteroatoms. The Morgan fingerprint density at radius 2 is 1.83 bits per heavy atom. The summed E-state index contributed by atoms with van der Waals surface area (Å²) in [7, 11) is 0. The minimum atomic E-state index is -0.404. The number of nitrogens with one attached hydrogen (secondary N) is 3. The summed E-state index contributed by atoms with van der Waals surface area (Å²) >= 11 is 8.65. The highest BCUT2D eigenvalue weighted by atomic mass is 79.9. The molecule has 2 aromatic rings. The number of carbonyl (C=O) groups is 2. The molecule has 29 heavy (non-hydrogen) atoms. The van der Waals surface area contributed by atoms with Crippen molar-refractivity contribution in [2.24, 2.45) is 0 Å². The quantitative estimate of drug-likeness (QED) is 0.511.